The van der Waals surface area contributed by atoms with Gasteiger partial charge >= 0.3 is 0 Å². The first-order valence-corrected chi connectivity index (χ1v) is 10.7. The van der Waals surface area contributed by atoms with E-state index in [1.54, 1.807) is 31.4 Å². The van der Waals surface area contributed by atoms with Crippen LogP contribution in [0.2, 0.25) is 0 Å². The number of carbonyl (C=O) groups is 1. The number of rotatable bonds is 8. The Balaban J connectivity index is 1.30. The number of nitrogens with zero attached hydrogens (tertiary/aromatic N) is 2. The first kappa shape index (κ1) is 20.7. The van der Waals surface area contributed by atoms with Crippen molar-refractivity contribution in [2.75, 3.05) is 12.4 Å². The van der Waals surface area contributed by atoms with E-state index in [1.807, 2.05) is 54.6 Å². The van der Waals surface area contributed by atoms with Crippen molar-refractivity contribution in [3.63, 3.8) is 0 Å². The summed E-state index contributed by atoms with van der Waals surface area (Å²) in [6.45, 7) is 0. The van der Waals surface area contributed by atoms with Crippen LogP contribution >= 0.6 is 11.8 Å². The zero-order chi connectivity index (χ0) is 21.5. The Labute approximate surface area is 184 Å². The first-order chi connectivity index (χ1) is 15.2. The Kier molecular flexibility index (Phi) is 6.64. The Hall–Kier alpha value is -3.58. The zero-order valence-electron chi connectivity index (χ0n) is 16.9. The van der Waals surface area contributed by atoms with Gasteiger partial charge < -0.3 is 14.5 Å². The SMILES string of the molecule is COc1ccc(NC(=O)c2ccc(CSc3nnc(Cc4ccccc4)o3)cc2)cc1. The van der Waals surface area contributed by atoms with Crippen LogP contribution in [0.15, 0.2) is 88.5 Å². The van der Waals surface area contributed by atoms with Gasteiger partial charge in [-0.05, 0) is 47.5 Å². The van der Waals surface area contributed by atoms with Crippen molar-refractivity contribution >= 4 is 23.4 Å². The summed E-state index contributed by atoms with van der Waals surface area (Å²) in [7, 11) is 1.61. The van der Waals surface area contributed by atoms with E-state index in [4.69, 9.17) is 9.15 Å². The molecule has 1 heterocycles. The normalized spacial score (nSPS) is 10.6. The smallest absolute Gasteiger partial charge is 0.276 e. The number of ether oxygens (including phenoxy) is 1. The standard InChI is InChI=1S/C24H21N3O3S/c1-29-21-13-11-20(12-14-21)25-23(28)19-9-7-18(8-10-19)16-31-24-27-26-22(30-24)15-17-5-3-2-4-6-17/h2-14H,15-16H2,1H3,(H,25,28). The van der Waals surface area contributed by atoms with Crippen molar-refractivity contribution in [1.82, 2.24) is 10.2 Å². The fraction of sp³-hybridized carbons (Fsp3) is 0.125. The second kappa shape index (κ2) is 9.95. The Morgan fingerprint density at radius 1 is 0.935 bits per heavy atom. The quantitative estimate of drug-likeness (QED) is 0.386. The van der Waals surface area contributed by atoms with E-state index in [0.717, 1.165) is 16.9 Å². The van der Waals surface area contributed by atoms with Gasteiger partial charge in [0.15, 0.2) is 0 Å². The molecule has 4 rings (SSSR count). The highest BCUT2D eigenvalue weighted by atomic mass is 32.2. The zero-order valence-corrected chi connectivity index (χ0v) is 17.8. The number of aromatic nitrogens is 2. The fourth-order valence-corrected chi connectivity index (χ4v) is 3.65. The number of benzene rings is 3. The van der Waals surface area contributed by atoms with Crippen LogP contribution in [-0.2, 0) is 12.2 Å². The third-order valence-electron chi connectivity index (χ3n) is 4.57. The molecule has 7 heteroatoms. The maximum Gasteiger partial charge on any atom is 0.276 e. The summed E-state index contributed by atoms with van der Waals surface area (Å²) in [5.41, 5.74) is 3.50. The predicted molar refractivity (Wildman–Crippen MR) is 120 cm³/mol. The molecule has 0 aliphatic carbocycles. The van der Waals surface area contributed by atoms with E-state index in [2.05, 4.69) is 15.5 Å². The molecule has 0 fully saturated rings. The molecule has 0 radical (unpaired) electrons. The van der Waals surface area contributed by atoms with Crippen molar-refractivity contribution in [1.29, 1.82) is 0 Å². The van der Waals surface area contributed by atoms with E-state index in [-0.39, 0.29) is 5.91 Å². The summed E-state index contributed by atoms with van der Waals surface area (Å²) in [6, 6.07) is 24.7. The van der Waals surface area contributed by atoms with Crippen LogP contribution in [0.3, 0.4) is 0 Å². The van der Waals surface area contributed by atoms with Crippen molar-refractivity contribution < 1.29 is 13.9 Å². The van der Waals surface area contributed by atoms with Gasteiger partial charge in [0.25, 0.3) is 11.1 Å². The van der Waals surface area contributed by atoms with Crippen LogP contribution < -0.4 is 10.1 Å². The maximum absolute atomic E-state index is 12.4. The van der Waals surface area contributed by atoms with Crippen LogP contribution in [0.25, 0.3) is 0 Å². The van der Waals surface area contributed by atoms with Gasteiger partial charge in [0.2, 0.25) is 5.89 Å². The molecule has 156 valence electrons. The molecule has 0 saturated heterocycles. The number of nitrogens with one attached hydrogen (secondary N) is 1. The summed E-state index contributed by atoms with van der Waals surface area (Å²) < 4.78 is 10.8. The lowest BCUT2D eigenvalue weighted by Gasteiger charge is -2.07. The van der Waals surface area contributed by atoms with Crippen LogP contribution in [0, 0.1) is 0 Å². The van der Waals surface area contributed by atoms with Crippen LogP contribution in [0.4, 0.5) is 5.69 Å². The van der Waals surface area contributed by atoms with E-state index in [0.29, 0.717) is 34.5 Å². The number of hydrogen-bond acceptors (Lipinski definition) is 6. The van der Waals surface area contributed by atoms with E-state index in [1.165, 1.54) is 11.8 Å². The molecule has 1 aromatic heterocycles. The summed E-state index contributed by atoms with van der Waals surface area (Å²) in [5.74, 6) is 1.85. The highest BCUT2D eigenvalue weighted by Gasteiger charge is 2.09. The van der Waals surface area contributed by atoms with Crippen molar-refractivity contribution in [2.24, 2.45) is 0 Å². The van der Waals surface area contributed by atoms with Crippen molar-refractivity contribution in [3.05, 3.63) is 101 Å². The minimum atomic E-state index is -0.160. The summed E-state index contributed by atoms with van der Waals surface area (Å²) in [5, 5.41) is 11.6. The first-order valence-electron chi connectivity index (χ1n) is 9.73. The molecule has 31 heavy (non-hydrogen) atoms. The fourth-order valence-electron chi connectivity index (χ4n) is 2.91. The van der Waals surface area contributed by atoms with E-state index >= 15 is 0 Å². The lowest BCUT2D eigenvalue weighted by Crippen LogP contribution is -2.11. The summed E-state index contributed by atoms with van der Waals surface area (Å²) in [4.78, 5) is 12.4. The number of anilines is 1. The number of amides is 1. The van der Waals surface area contributed by atoms with Gasteiger partial charge in [-0.25, -0.2) is 0 Å². The number of thioether (sulfide) groups is 1. The number of methoxy groups -OCH3 is 1. The van der Waals surface area contributed by atoms with Crippen LogP contribution in [0.5, 0.6) is 5.75 Å². The van der Waals surface area contributed by atoms with Gasteiger partial charge in [-0.15, -0.1) is 10.2 Å². The molecule has 0 aliphatic rings. The van der Waals surface area contributed by atoms with Gasteiger partial charge in [-0.3, -0.25) is 4.79 Å². The highest BCUT2D eigenvalue weighted by Crippen LogP contribution is 2.23. The Morgan fingerprint density at radius 3 is 2.39 bits per heavy atom. The third kappa shape index (κ3) is 5.73. The third-order valence-corrected chi connectivity index (χ3v) is 5.46. The van der Waals surface area contributed by atoms with Crippen LogP contribution in [-0.4, -0.2) is 23.2 Å². The molecule has 0 unspecified atom stereocenters. The monoisotopic (exact) mass is 431 g/mol. The van der Waals surface area contributed by atoms with Gasteiger partial charge in [0.1, 0.15) is 5.75 Å². The van der Waals surface area contributed by atoms with Crippen LogP contribution in [0.1, 0.15) is 27.4 Å². The minimum absolute atomic E-state index is 0.160. The average molecular weight is 432 g/mol. The predicted octanol–water partition coefficient (Wildman–Crippen LogP) is 5.21. The molecule has 6 nitrogen and oxygen atoms in total. The molecule has 0 bridgehead atoms. The molecule has 0 atom stereocenters. The van der Waals surface area contributed by atoms with Crippen molar-refractivity contribution in [3.8, 4) is 5.75 Å². The summed E-state index contributed by atoms with van der Waals surface area (Å²) >= 11 is 1.47. The molecule has 0 aliphatic heterocycles. The number of carbonyl (C=O) groups excluding carboxylic acids is 1. The Bertz CT molecular complexity index is 1130. The number of hydrogen-bond donors (Lipinski definition) is 1. The van der Waals surface area contributed by atoms with Gasteiger partial charge in [0.05, 0.1) is 13.5 Å². The maximum atomic E-state index is 12.4. The van der Waals surface area contributed by atoms with Gasteiger partial charge in [0, 0.05) is 17.0 Å². The lowest BCUT2D eigenvalue weighted by atomic mass is 10.1. The molecule has 4 aromatic rings. The molecule has 1 amide bonds. The Morgan fingerprint density at radius 2 is 1.68 bits per heavy atom. The average Bonchev–Trinajstić information content (AvgIpc) is 3.26. The largest absolute Gasteiger partial charge is 0.497 e. The topological polar surface area (TPSA) is 77.2 Å². The molecular weight excluding hydrogens is 410 g/mol. The van der Waals surface area contributed by atoms with Gasteiger partial charge in [-0.2, -0.15) is 0 Å². The molecular formula is C24H21N3O3S. The molecule has 0 saturated carbocycles. The molecule has 1 N–H and O–H groups in total. The van der Waals surface area contributed by atoms with Crippen molar-refractivity contribution in [2.45, 2.75) is 17.4 Å². The lowest BCUT2D eigenvalue weighted by molar-refractivity contribution is 0.102. The van der Waals surface area contributed by atoms with Gasteiger partial charge in [-0.1, -0.05) is 54.2 Å². The van der Waals surface area contributed by atoms with E-state index < -0.39 is 0 Å². The summed E-state index contributed by atoms with van der Waals surface area (Å²) in [6.07, 6.45) is 0.617. The highest BCUT2D eigenvalue weighted by molar-refractivity contribution is 7.98. The molecule has 0 spiro atoms. The minimum Gasteiger partial charge on any atom is -0.497 e. The second-order valence-corrected chi connectivity index (χ2v) is 7.72. The second-order valence-electron chi connectivity index (χ2n) is 6.79. The molecule has 3 aromatic carbocycles. The van der Waals surface area contributed by atoms with E-state index in [9.17, 15) is 4.79 Å².